The van der Waals surface area contributed by atoms with Crippen LogP contribution < -0.4 is 16.0 Å². The van der Waals surface area contributed by atoms with Gasteiger partial charge in [0.2, 0.25) is 34.0 Å². The van der Waals surface area contributed by atoms with Gasteiger partial charge < -0.3 is 44.4 Å². The van der Waals surface area contributed by atoms with Gasteiger partial charge in [0.25, 0.3) is 0 Å². The van der Waals surface area contributed by atoms with Crippen LogP contribution in [0.5, 0.6) is 0 Å². The zero-order valence-electron chi connectivity index (χ0n) is 34.0. The molecule has 3 aliphatic heterocycles. The van der Waals surface area contributed by atoms with Crippen LogP contribution in [0, 0.1) is 16.2 Å². The Balaban J connectivity index is 0.000000405. The maximum Gasteiger partial charge on any atom is 0.328 e. The van der Waals surface area contributed by atoms with Gasteiger partial charge in [0.15, 0.2) is 17.3 Å². The Bertz CT molecular complexity index is 1330. The largest absolute Gasteiger partial charge is 0.468 e. The molecule has 18 heteroatoms. The molecule has 3 rings (SSSR count). The highest BCUT2D eigenvalue weighted by Crippen LogP contribution is 2.30. The van der Waals surface area contributed by atoms with Gasteiger partial charge in [0.05, 0.1) is 58.0 Å². The Morgan fingerprint density at radius 1 is 0.463 bits per heavy atom. The molecule has 0 aromatic carbocycles. The summed E-state index contributed by atoms with van der Waals surface area (Å²) >= 11 is 0. The average Bonchev–Trinajstić information content (AvgIpc) is 3.55. The number of hydrogen-bond donors (Lipinski definition) is 3. The molecule has 3 heterocycles. The molecule has 0 saturated carbocycles. The standard InChI is InChI=1S/3C12H19NO5/c3*1-11(2,3)18-6-7-8(14)12(4,9(15)13-7)10(16)17-5/h3*7H,6H2,1-5H3,(H,13,15)/t3*7-,12-/m000/s1. The fraction of sp³-hybridized carbons (Fsp3) is 0.750. The van der Waals surface area contributed by atoms with Crippen molar-refractivity contribution in [3.63, 3.8) is 0 Å². The molecule has 0 aliphatic carbocycles. The van der Waals surface area contributed by atoms with E-state index in [1.54, 1.807) is 0 Å². The number of nitrogens with one attached hydrogen (secondary N) is 3. The summed E-state index contributed by atoms with van der Waals surface area (Å²) in [7, 11) is 3.44. The highest BCUT2D eigenvalue weighted by atomic mass is 16.5. The third-order valence-corrected chi connectivity index (χ3v) is 8.54. The van der Waals surface area contributed by atoms with Crippen molar-refractivity contribution in [2.45, 2.75) is 118 Å². The molecule has 3 aliphatic rings. The van der Waals surface area contributed by atoms with Crippen LogP contribution in [0.3, 0.4) is 0 Å². The second kappa shape index (κ2) is 17.5. The third-order valence-electron chi connectivity index (χ3n) is 8.54. The number of hydrogen-bond acceptors (Lipinski definition) is 15. The molecule has 3 saturated heterocycles. The molecular formula is C36H57N3O15. The predicted octanol–water partition coefficient (Wildman–Crippen LogP) is 0.145. The van der Waals surface area contributed by atoms with E-state index in [0.29, 0.717) is 0 Å². The van der Waals surface area contributed by atoms with Crippen molar-refractivity contribution in [1.29, 1.82) is 0 Å². The Morgan fingerprint density at radius 2 is 0.648 bits per heavy atom. The van der Waals surface area contributed by atoms with Crippen LogP contribution in [-0.2, 0) is 71.6 Å². The van der Waals surface area contributed by atoms with Crippen LogP contribution in [0.1, 0.15) is 83.1 Å². The zero-order valence-corrected chi connectivity index (χ0v) is 34.0. The molecular weight excluding hydrogens is 714 g/mol. The van der Waals surface area contributed by atoms with Crippen LogP contribution >= 0.6 is 0 Å². The topological polar surface area (TPSA) is 245 Å². The summed E-state index contributed by atoms with van der Waals surface area (Å²) in [5.41, 5.74) is -6.55. The minimum Gasteiger partial charge on any atom is -0.468 e. The van der Waals surface area contributed by atoms with Crippen LogP contribution in [0.15, 0.2) is 0 Å². The van der Waals surface area contributed by atoms with Crippen LogP contribution in [0.4, 0.5) is 0 Å². The lowest BCUT2D eigenvalue weighted by molar-refractivity contribution is -0.161. The van der Waals surface area contributed by atoms with E-state index in [2.05, 4.69) is 30.2 Å². The smallest absolute Gasteiger partial charge is 0.328 e. The van der Waals surface area contributed by atoms with Crippen molar-refractivity contribution in [3.8, 4) is 0 Å². The van der Waals surface area contributed by atoms with E-state index in [-0.39, 0.29) is 19.8 Å². The maximum absolute atomic E-state index is 12.1. The molecule has 0 unspecified atom stereocenters. The van der Waals surface area contributed by atoms with Crippen LogP contribution in [-0.4, -0.2) is 129 Å². The summed E-state index contributed by atoms with van der Waals surface area (Å²) in [6, 6.07) is -2.41. The average molecular weight is 772 g/mol. The number of Topliss-reactive ketones (excluding diaryl/α,β-unsaturated/α-hetero) is 3. The van der Waals surface area contributed by atoms with Gasteiger partial charge in [-0.25, -0.2) is 0 Å². The Labute approximate surface area is 315 Å². The molecule has 18 nitrogen and oxygen atoms in total. The number of rotatable bonds is 9. The molecule has 3 fully saturated rings. The first-order chi connectivity index (χ1) is 24.4. The van der Waals surface area contributed by atoms with E-state index in [9.17, 15) is 43.2 Å². The number of ether oxygens (including phenoxy) is 6. The Morgan fingerprint density at radius 3 is 0.796 bits per heavy atom. The van der Waals surface area contributed by atoms with Crippen molar-refractivity contribution < 1.29 is 71.6 Å². The minimum atomic E-state index is -1.76. The minimum absolute atomic E-state index is 0.0423. The van der Waals surface area contributed by atoms with Crippen molar-refractivity contribution >= 4 is 53.0 Å². The van der Waals surface area contributed by atoms with Gasteiger partial charge in [0.1, 0.15) is 18.1 Å². The van der Waals surface area contributed by atoms with E-state index in [1.807, 2.05) is 62.3 Å². The molecule has 3 N–H and O–H groups in total. The summed E-state index contributed by atoms with van der Waals surface area (Å²) in [6.07, 6.45) is 0. The van der Waals surface area contributed by atoms with Gasteiger partial charge >= 0.3 is 17.9 Å². The number of carbonyl (C=O) groups is 9. The van der Waals surface area contributed by atoms with Crippen molar-refractivity contribution in [2.75, 3.05) is 41.2 Å². The first-order valence-corrected chi connectivity index (χ1v) is 17.1. The highest BCUT2D eigenvalue weighted by molar-refractivity contribution is 6.28. The van der Waals surface area contributed by atoms with Gasteiger partial charge in [0, 0.05) is 0 Å². The van der Waals surface area contributed by atoms with E-state index < -0.39 is 104 Å². The SMILES string of the molecule is COC(=O)[C@]1(C)C(=O)N[C@@H](COC(C)(C)C)C1=O.COC(=O)[C@]1(C)C(=O)N[C@@H](COC(C)(C)C)C1=O.COC(=O)[C@]1(C)C(=O)N[C@@H](COC(C)(C)C)C1=O. The normalized spacial score (nSPS) is 28.2. The van der Waals surface area contributed by atoms with Crippen LogP contribution in [0.2, 0.25) is 0 Å². The first kappa shape index (κ1) is 47.7. The second-order valence-electron chi connectivity index (χ2n) is 16.3. The van der Waals surface area contributed by atoms with Crippen molar-refractivity contribution in [3.05, 3.63) is 0 Å². The Kier molecular flexibility index (Phi) is 15.4. The molecule has 0 spiro atoms. The molecule has 306 valence electrons. The number of carbonyl (C=O) groups excluding carboxylic acids is 9. The second-order valence-corrected chi connectivity index (χ2v) is 16.3. The Hall–Kier alpha value is -4.29. The lowest BCUT2D eigenvalue weighted by atomic mass is 9.86. The molecule has 6 atom stereocenters. The highest BCUT2D eigenvalue weighted by Gasteiger charge is 2.60. The summed E-state index contributed by atoms with van der Waals surface area (Å²) in [6.45, 7) is 20.5. The lowest BCUT2D eigenvalue weighted by Gasteiger charge is -2.22. The first-order valence-electron chi connectivity index (χ1n) is 17.1. The van der Waals surface area contributed by atoms with Crippen molar-refractivity contribution in [2.24, 2.45) is 16.2 Å². The summed E-state index contributed by atoms with van der Waals surface area (Å²) < 4.78 is 29.9. The molecule has 0 aromatic heterocycles. The van der Waals surface area contributed by atoms with Crippen LogP contribution in [0.25, 0.3) is 0 Å². The summed E-state index contributed by atoms with van der Waals surface area (Å²) in [4.78, 5) is 106. The van der Waals surface area contributed by atoms with E-state index in [4.69, 9.17) is 14.2 Å². The number of methoxy groups -OCH3 is 3. The fourth-order valence-electron chi connectivity index (χ4n) is 5.03. The molecule has 3 amide bonds. The summed E-state index contributed by atoms with van der Waals surface area (Å²) in [5, 5.41) is 7.40. The quantitative estimate of drug-likeness (QED) is 0.160. The van der Waals surface area contributed by atoms with E-state index in [0.717, 1.165) is 21.3 Å². The van der Waals surface area contributed by atoms with Gasteiger partial charge in [-0.15, -0.1) is 0 Å². The number of ketones is 3. The third kappa shape index (κ3) is 10.9. The molecule has 54 heavy (non-hydrogen) atoms. The van der Waals surface area contributed by atoms with Gasteiger partial charge in [-0.3, -0.25) is 43.2 Å². The van der Waals surface area contributed by atoms with E-state index in [1.165, 1.54) is 20.8 Å². The molecule has 0 bridgehead atoms. The lowest BCUT2D eigenvalue weighted by Crippen LogP contribution is -2.42. The molecule has 0 aromatic rings. The number of amides is 3. The molecule has 0 radical (unpaired) electrons. The monoisotopic (exact) mass is 771 g/mol. The fourth-order valence-corrected chi connectivity index (χ4v) is 5.03. The van der Waals surface area contributed by atoms with Gasteiger partial charge in [-0.05, 0) is 83.1 Å². The number of esters is 3. The maximum atomic E-state index is 12.1. The summed E-state index contributed by atoms with van der Waals surface area (Å²) in [5.74, 6) is -5.98. The van der Waals surface area contributed by atoms with Gasteiger partial charge in [-0.2, -0.15) is 0 Å². The predicted molar refractivity (Wildman–Crippen MR) is 188 cm³/mol. The zero-order chi connectivity index (χ0) is 42.4. The van der Waals surface area contributed by atoms with Gasteiger partial charge in [-0.1, -0.05) is 0 Å². The van der Waals surface area contributed by atoms with Crippen molar-refractivity contribution in [1.82, 2.24) is 16.0 Å². The van der Waals surface area contributed by atoms with E-state index >= 15 is 0 Å².